The second-order valence-corrected chi connectivity index (χ2v) is 7.89. The number of imide groups is 1. The summed E-state index contributed by atoms with van der Waals surface area (Å²) >= 11 is 13.2. The van der Waals surface area contributed by atoms with Crippen molar-refractivity contribution in [1.82, 2.24) is 14.9 Å². The van der Waals surface area contributed by atoms with Crippen LogP contribution in [0.1, 0.15) is 5.56 Å². The lowest BCUT2D eigenvalue weighted by Crippen LogP contribution is -2.17. The molecule has 0 saturated carbocycles. The largest absolute Gasteiger partial charge is 0.320 e. The summed E-state index contributed by atoms with van der Waals surface area (Å²) in [6, 6.07) is 11.1. The summed E-state index contributed by atoms with van der Waals surface area (Å²) in [5.74, 6) is 0.385. The number of hydrogen-bond donors (Lipinski definition) is 1. The molecule has 1 aliphatic heterocycles. The number of halogens is 2. The molecule has 2 amide bonds. The molecule has 0 aliphatic carbocycles. The number of rotatable bonds is 4. The number of fused-ring (bicyclic) bond motifs is 1. The van der Waals surface area contributed by atoms with E-state index >= 15 is 0 Å². The molecule has 1 N–H and O–H groups in total. The Labute approximate surface area is 175 Å². The van der Waals surface area contributed by atoms with Gasteiger partial charge in [-0.2, -0.15) is 0 Å². The minimum atomic E-state index is -0.374. The predicted molar refractivity (Wildman–Crippen MR) is 114 cm³/mol. The lowest BCUT2D eigenvalue weighted by molar-refractivity contribution is -0.115. The molecule has 4 rings (SSSR count). The number of carbonyl (C=O) groups excluding carboxylic acids is 2. The van der Waals surface area contributed by atoms with Crippen molar-refractivity contribution in [1.29, 1.82) is 0 Å². The number of carbonyl (C=O) groups is 2. The maximum Gasteiger partial charge on any atom is 0.290 e. The normalized spacial score (nSPS) is 15.4. The molecular formula is C20H13Cl2N3O2S. The van der Waals surface area contributed by atoms with Crippen molar-refractivity contribution >= 4 is 63.2 Å². The Kier molecular flexibility index (Phi) is 5.02. The predicted octanol–water partition coefficient (Wildman–Crippen LogP) is 5.52. The molecule has 0 atom stereocenters. The van der Waals surface area contributed by atoms with Crippen molar-refractivity contribution in [3.05, 3.63) is 69.6 Å². The van der Waals surface area contributed by atoms with E-state index in [9.17, 15) is 9.59 Å². The molecule has 1 saturated heterocycles. The number of thioether (sulfide) groups is 1. The summed E-state index contributed by atoms with van der Waals surface area (Å²) in [5, 5.41) is 2.80. The van der Waals surface area contributed by atoms with Gasteiger partial charge in [0.15, 0.2) is 0 Å². The zero-order valence-electron chi connectivity index (χ0n) is 14.4. The Balaban J connectivity index is 1.75. The summed E-state index contributed by atoms with van der Waals surface area (Å²) in [6.45, 7) is 4.38. The number of imidazole rings is 1. The second-order valence-electron chi connectivity index (χ2n) is 6.06. The van der Waals surface area contributed by atoms with Gasteiger partial charge in [0.25, 0.3) is 11.1 Å². The van der Waals surface area contributed by atoms with Crippen LogP contribution >= 0.6 is 35.0 Å². The highest BCUT2D eigenvalue weighted by Crippen LogP contribution is 2.32. The summed E-state index contributed by atoms with van der Waals surface area (Å²) in [6.07, 6.45) is 3.47. The number of nitrogens with one attached hydrogen (secondary N) is 1. The van der Waals surface area contributed by atoms with Gasteiger partial charge in [-0.15, -0.1) is 6.58 Å². The summed E-state index contributed by atoms with van der Waals surface area (Å²) in [5.41, 5.74) is 3.32. The lowest BCUT2D eigenvalue weighted by atomic mass is 10.1. The van der Waals surface area contributed by atoms with E-state index in [1.807, 2.05) is 28.8 Å². The van der Waals surface area contributed by atoms with Crippen molar-refractivity contribution in [2.75, 3.05) is 0 Å². The van der Waals surface area contributed by atoms with Crippen molar-refractivity contribution in [3.8, 4) is 11.4 Å². The molecule has 0 bridgehead atoms. The fourth-order valence-electron chi connectivity index (χ4n) is 2.96. The zero-order chi connectivity index (χ0) is 19.8. The van der Waals surface area contributed by atoms with Crippen molar-refractivity contribution < 1.29 is 9.59 Å². The molecule has 1 fully saturated rings. The Hall–Kier alpha value is -2.54. The Bertz CT molecular complexity index is 1170. The topological polar surface area (TPSA) is 64.0 Å². The molecule has 2 heterocycles. The Morgan fingerprint density at radius 1 is 1.14 bits per heavy atom. The number of allylic oxidation sites excluding steroid dienone is 1. The van der Waals surface area contributed by atoms with Crippen LogP contribution in [-0.4, -0.2) is 20.7 Å². The number of benzene rings is 2. The lowest BCUT2D eigenvalue weighted by Gasteiger charge is -2.07. The number of hydrogen-bond acceptors (Lipinski definition) is 4. The smallest absolute Gasteiger partial charge is 0.290 e. The maximum absolute atomic E-state index is 11.7. The molecule has 3 aromatic rings. The Morgan fingerprint density at radius 3 is 2.50 bits per heavy atom. The third-order valence-electron chi connectivity index (χ3n) is 4.21. The van der Waals surface area contributed by atoms with E-state index < -0.39 is 0 Å². The van der Waals surface area contributed by atoms with Gasteiger partial charge in [-0.25, -0.2) is 4.98 Å². The molecule has 140 valence electrons. The van der Waals surface area contributed by atoms with E-state index in [0.29, 0.717) is 21.5 Å². The summed E-state index contributed by atoms with van der Waals surface area (Å²) in [7, 11) is 0. The van der Waals surface area contributed by atoms with Crippen molar-refractivity contribution in [3.63, 3.8) is 0 Å². The summed E-state index contributed by atoms with van der Waals surface area (Å²) in [4.78, 5) is 28.0. The van der Waals surface area contributed by atoms with Gasteiger partial charge in [-0.3, -0.25) is 14.9 Å². The molecule has 8 heteroatoms. The van der Waals surface area contributed by atoms with Gasteiger partial charge in [0.05, 0.1) is 26.0 Å². The minimum Gasteiger partial charge on any atom is -0.320 e. The third-order valence-corrected chi connectivity index (χ3v) is 5.74. The van der Waals surface area contributed by atoms with E-state index in [0.717, 1.165) is 39.7 Å². The number of aromatic nitrogens is 2. The molecule has 1 aliphatic rings. The number of amides is 2. The quantitative estimate of drug-likeness (QED) is 0.437. The van der Waals surface area contributed by atoms with Crippen LogP contribution in [-0.2, 0) is 11.3 Å². The SMILES string of the molecule is C=CCn1c(-c2ccc(C=C3SC(=O)NC3=O)cc2)nc2cc(Cl)c(Cl)cc21. The van der Waals surface area contributed by atoms with E-state index in [-0.39, 0.29) is 11.1 Å². The van der Waals surface area contributed by atoms with Crippen LogP contribution in [0, 0.1) is 0 Å². The van der Waals surface area contributed by atoms with Crippen LogP contribution in [0.5, 0.6) is 0 Å². The van der Waals surface area contributed by atoms with Gasteiger partial charge in [0.1, 0.15) is 5.82 Å². The molecule has 28 heavy (non-hydrogen) atoms. The molecule has 2 aromatic carbocycles. The van der Waals surface area contributed by atoms with Crippen LogP contribution in [0.25, 0.3) is 28.5 Å². The van der Waals surface area contributed by atoms with Gasteiger partial charge in [0.2, 0.25) is 0 Å². The van der Waals surface area contributed by atoms with Crippen LogP contribution in [0.15, 0.2) is 54.0 Å². The number of nitrogens with zero attached hydrogens (tertiary/aromatic N) is 2. The standard InChI is InChI=1S/C20H13Cl2N3O2S/c1-2-7-25-16-10-14(22)13(21)9-15(16)23-18(25)12-5-3-11(4-6-12)8-17-19(26)24-20(27)28-17/h2-6,8-10H,1,7H2,(H,24,26,27). The van der Waals surface area contributed by atoms with Gasteiger partial charge < -0.3 is 4.57 Å². The van der Waals surface area contributed by atoms with E-state index in [1.165, 1.54) is 0 Å². The van der Waals surface area contributed by atoms with Crippen LogP contribution in [0.4, 0.5) is 4.79 Å². The summed E-state index contributed by atoms with van der Waals surface area (Å²) < 4.78 is 2.01. The highest BCUT2D eigenvalue weighted by Gasteiger charge is 2.24. The Morgan fingerprint density at radius 2 is 1.86 bits per heavy atom. The first-order valence-corrected chi connectivity index (χ1v) is 9.85. The first kappa shape index (κ1) is 18.8. The fraction of sp³-hybridized carbons (Fsp3) is 0.0500. The second kappa shape index (κ2) is 7.47. The van der Waals surface area contributed by atoms with Crippen molar-refractivity contribution in [2.24, 2.45) is 0 Å². The highest BCUT2D eigenvalue weighted by molar-refractivity contribution is 8.18. The van der Waals surface area contributed by atoms with Gasteiger partial charge in [-0.05, 0) is 35.5 Å². The highest BCUT2D eigenvalue weighted by atomic mass is 35.5. The monoisotopic (exact) mass is 429 g/mol. The van der Waals surface area contributed by atoms with Gasteiger partial charge in [0, 0.05) is 12.1 Å². The minimum absolute atomic E-state index is 0.358. The molecule has 1 aromatic heterocycles. The van der Waals surface area contributed by atoms with Crippen molar-refractivity contribution in [2.45, 2.75) is 6.54 Å². The fourth-order valence-corrected chi connectivity index (χ4v) is 3.95. The molecule has 5 nitrogen and oxygen atoms in total. The molecule has 0 unspecified atom stereocenters. The zero-order valence-corrected chi connectivity index (χ0v) is 16.7. The van der Waals surface area contributed by atoms with Gasteiger partial charge >= 0.3 is 0 Å². The third kappa shape index (κ3) is 3.46. The van der Waals surface area contributed by atoms with E-state index in [2.05, 4.69) is 11.9 Å². The van der Waals surface area contributed by atoms with Crippen LogP contribution in [0.3, 0.4) is 0 Å². The van der Waals surface area contributed by atoms with E-state index in [4.69, 9.17) is 28.2 Å². The van der Waals surface area contributed by atoms with Crippen LogP contribution in [0.2, 0.25) is 10.0 Å². The van der Waals surface area contributed by atoms with Gasteiger partial charge in [-0.1, -0.05) is 53.5 Å². The van der Waals surface area contributed by atoms with Crippen LogP contribution < -0.4 is 5.32 Å². The maximum atomic E-state index is 11.7. The average molecular weight is 430 g/mol. The van der Waals surface area contributed by atoms with E-state index in [1.54, 1.807) is 24.3 Å². The molecule has 0 spiro atoms. The average Bonchev–Trinajstić information content (AvgIpc) is 3.16. The first-order chi connectivity index (χ1) is 13.5. The molecular weight excluding hydrogens is 417 g/mol. The first-order valence-electron chi connectivity index (χ1n) is 8.28. The molecule has 0 radical (unpaired) electrons.